The lowest BCUT2D eigenvalue weighted by Gasteiger charge is -2.22. The molecule has 0 aromatic rings. The minimum absolute atomic E-state index is 0.382. The van der Waals surface area contributed by atoms with Gasteiger partial charge in [-0.1, -0.05) is 23.2 Å². The minimum atomic E-state index is 0.382. The summed E-state index contributed by atoms with van der Waals surface area (Å²) in [5, 5.41) is 3.45. The van der Waals surface area contributed by atoms with Crippen LogP contribution in [0.2, 0.25) is 0 Å². The van der Waals surface area contributed by atoms with E-state index in [1.807, 2.05) is 6.08 Å². The second-order valence-electron chi connectivity index (χ2n) is 4.27. The van der Waals surface area contributed by atoms with Gasteiger partial charge < -0.3 is 5.32 Å². The van der Waals surface area contributed by atoms with Gasteiger partial charge in [0.05, 0.1) is 0 Å². The predicted molar refractivity (Wildman–Crippen MR) is 60.7 cm³/mol. The van der Waals surface area contributed by atoms with Crippen molar-refractivity contribution in [2.45, 2.75) is 13.0 Å². The largest absolute Gasteiger partial charge is 0.316 e. The highest BCUT2D eigenvalue weighted by Crippen LogP contribution is 2.32. The summed E-state index contributed by atoms with van der Waals surface area (Å²) in [7, 11) is 0. The average molecular weight is 235 g/mol. The molecule has 0 radical (unpaired) electrons. The van der Waals surface area contributed by atoms with Crippen molar-refractivity contribution in [3.8, 4) is 0 Å². The maximum atomic E-state index is 5.61. The molecule has 3 unspecified atom stereocenters. The van der Waals surface area contributed by atoms with Gasteiger partial charge in [-0.3, -0.25) is 4.90 Å². The molecule has 0 aliphatic carbocycles. The zero-order valence-electron chi connectivity index (χ0n) is 8.34. The first-order valence-electron chi connectivity index (χ1n) is 5.14. The third-order valence-corrected chi connectivity index (χ3v) is 3.85. The van der Waals surface area contributed by atoms with E-state index in [4.69, 9.17) is 23.2 Å². The summed E-state index contributed by atoms with van der Waals surface area (Å²) < 4.78 is 0.382. The van der Waals surface area contributed by atoms with E-state index in [1.165, 1.54) is 19.6 Å². The normalized spacial score (nSPS) is 37.2. The van der Waals surface area contributed by atoms with Gasteiger partial charge in [0.2, 0.25) is 0 Å². The molecule has 14 heavy (non-hydrogen) atoms. The number of halogens is 2. The van der Waals surface area contributed by atoms with E-state index in [0.717, 1.165) is 18.4 Å². The molecule has 0 bridgehead atoms. The second-order valence-corrected chi connectivity index (χ2v) is 5.28. The van der Waals surface area contributed by atoms with Crippen molar-refractivity contribution < 1.29 is 0 Å². The highest BCUT2D eigenvalue weighted by molar-refractivity contribution is 6.55. The third-order valence-electron chi connectivity index (χ3n) is 3.54. The number of nitrogens with one attached hydrogen (secondary N) is 1. The molecule has 2 aliphatic rings. The molecule has 1 N–H and O–H groups in total. The van der Waals surface area contributed by atoms with Gasteiger partial charge in [0.1, 0.15) is 4.49 Å². The first kappa shape index (κ1) is 10.7. The summed E-state index contributed by atoms with van der Waals surface area (Å²) >= 11 is 11.2. The van der Waals surface area contributed by atoms with Crippen molar-refractivity contribution in [3.05, 3.63) is 10.6 Å². The Hall–Kier alpha value is 0.240. The number of fused-ring (bicyclic) bond motifs is 1. The lowest BCUT2D eigenvalue weighted by atomic mass is 9.95. The first-order chi connectivity index (χ1) is 6.68. The molecule has 2 fully saturated rings. The molecule has 2 heterocycles. The van der Waals surface area contributed by atoms with Crippen molar-refractivity contribution in [2.75, 3.05) is 26.2 Å². The zero-order valence-corrected chi connectivity index (χ0v) is 9.85. The Morgan fingerprint density at radius 1 is 1.50 bits per heavy atom. The van der Waals surface area contributed by atoms with Gasteiger partial charge in [-0.15, -0.1) is 0 Å². The van der Waals surface area contributed by atoms with E-state index in [2.05, 4.69) is 17.1 Å². The molecule has 4 heteroatoms. The summed E-state index contributed by atoms with van der Waals surface area (Å²) in [6.07, 6.45) is 1.88. The van der Waals surface area contributed by atoms with Crippen LogP contribution in [0.4, 0.5) is 0 Å². The average Bonchev–Trinajstić information content (AvgIpc) is 2.66. The number of rotatable bonds is 2. The molecule has 2 saturated heterocycles. The van der Waals surface area contributed by atoms with E-state index < -0.39 is 0 Å². The number of hydrogen-bond acceptors (Lipinski definition) is 2. The molecular formula is C10H16Cl2N2. The number of nitrogens with zero attached hydrogens (tertiary/aromatic N) is 1. The molecule has 2 aliphatic heterocycles. The van der Waals surface area contributed by atoms with Crippen molar-refractivity contribution in [1.29, 1.82) is 0 Å². The summed E-state index contributed by atoms with van der Waals surface area (Å²) in [5.74, 6) is 1.64. The molecule has 0 aromatic carbocycles. The monoisotopic (exact) mass is 234 g/mol. The quantitative estimate of drug-likeness (QED) is 0.785. The summed E-state index contributed by atoms with van der Waals surface area (Å²) in [4.78, 5) is 2.46. The maximum absolute atomic E-state index is 5.61. The van der Waals surface area contributed by atoms with Crippen molar-refractivity contribution in [1.82, 2.24) is 10.2 Å². The second kappa shape index (κ2) is 4.40. The van der Waals surface area contributed by atoms with E-state index in [0.29, 0.717) is 10.5 Å². The van der Waals surface area contributed by atoms with Gasteiger partial charge in [0.25, 0.3) is 0 Å². The van der Waals surface area contributed by atoms with Crippen molar-refractivity contribution in [3.63, 3.8) is 0 Å². The number of likely N-dealkylation sites (tertiary alicyclic amines) is 1. The zero-order chi connectivity index (χ0) is 10.1. The van der Waals surface area contributed by atoms with Crippen LogP contribution in [0.1, 0.15) is 6.92 Å². The van der Waals surface area contributed by atoms with Crippen LogP contribution in [-0.4, -0.2) is 37.1 Å². The van der Waals surface area contributed by atoms with Gasteiger partial charge >= 0.3 is 0 Å². The molecule has 0 aromatic heterocycles. The van der Waals surface area contributed by atoms with Crippen LogP contribution in [0.3, 0.4) is 0 Å². The fraction of sp³-hybridized carbons (Fsp3) is 0.800. The Labute approximate surface area is 95.2 Å². The topological polar surface area (TPSA) is 15.3 Å². The Bertz CT molecular complexity index is 238. The van der Waals surface area contributed by atoms with Gasteiger partial charge in [-0.25, -0.2) is 0 Å². The van der Waals surface area contributed by atoms with E-state index in [1.54, 1.807) is 0 Å². The summed E-state index contributed by atoms with van der Waals surface area (Å²) in [6, 6.07) is 0.652. The lowest BCUT2D eigenvalue weighted by Crippen LogP contribution is -2.33. The molecule has 80 valence electrons. The number of hydrogen-bond donors (Lipinski definition) is 1. The molecule has 0 amide bonds. The molecular weight excluding hydrogens is 219 g/mol. The van der Waals surface area contributed by atoms with Crippen LogP contribution >= 0.6 is 23.2 Å². The van der Waals surface area contributed by atoms with Crippen LogP contribution in [0.15, 0.2) is 10.6 Å². The van der Waals surface area contributed by atoms with Gasteiger partial charge in [-0.05, 0) is 37.9 Å². The Kier molecular flexibility index (Phi) is 3.38. The van der Waals surface area contributed by atoms with E-state index >= 15 is 0 Å². The van der Waals surface area contributed by atoms with Gasteiger partial charge in [0, 0.05) is 19.1 Å². The summed E-state index contributed by atoms with van der Waals surface area (Å²) in [6.45, 7) is 6.70. The molecule has 2 rings (SSSR count). The standard InChI is InChI=1S/C10H16Cl2N2/c1-7-9-5-13-4-8(9)6-14(7)3-2-10(11)12/h2,7-9,13H,3-6H2,1H3. The lowest BCUT2D eigenvalue weighted by molar-refractivity contribution is 0.264. The van der Waals surface area contributed by atoms with Crippen LogP contribution in [-0.2, 0) is 0 Å². The minimum Gasteiger partial charge on any atom is -0.316 e. The molecule has 0 spiro atoms. The maximum Gasteiger partial charge on any atom is 0.104 e. The first-order valence-corrected chi connectivity index (χ1v) is 5.90. The fourth-order valence-corrected chi connectivity index (χ4v) is 2.82. The van der Waals surface area contributed by atoms with Crippen LogP contribution < -0.4 is 5.32 Å². The highest BCUT2D eigenvalue weighted by atomic mass is 35.5. The highest BCUT2D eigenvalue weighted by Gasteiger charge is 2.40. The summed E-state index contributed by atoms with van der Waals surface area (Å²) in [5.41, 5.74) is 0. The fourth-order valence-electron chi connectivity index (χ4n) is 2.68. The molecule has 0 saturated carbocycles. The van der Waals surface area contributed by atoms with Crippen molar-refractivity contribution in [2.24, 2.45) is 11.8 Å². The van der Waals surface area contributed by atoms with Crippen LogP contribution in [0, 0.1) is 11.8 Å². The van der Waals surface area contributed by atoms with Crippen molar-refractivity contribution >= 4 is 23.2 Å². The third kappa shape index (κ3) is 2.08. The van der Waals surface area contributed by atoms with E-state index in [-0.39, 0.29) is 0 Å². The van der Waals surface area contributed by atoms with Crippen LogP contribution in [0.25, 0.3) is 0 Å². The predicted octanol–water partition coefficient (Wildman–Crippen LogP) is 1.85. The Balaban J connectivity index is 1.93. The van der Waals surface area contributed by atoms with Crippen LogP contribution in [0.5, 0.6) is 0 Å². The SMILES string of the molecule is CC1C2CNCC2CN1CC=C(Cl)Cl. The molecule has 2 nitrogen and oxygen atoms in total. The Morgan fingerprint density at radius 2 is 2.29 bits per heavy atom. The smallest absolute Gasteiger partial charge is 0.104 e. The van der Waals surface area contributed by atoms with Gasteiger partial charge in [-0.2, -0.15) is 0 Å². The van der Waals surface area contributed by atoms with E-state index in [9.17, 15) is 0 Å². The Morgan fingerprint density at radius 3 is 2.93 bits per heavy atom. The van der Waals surface area contributed by atoms with Gasteiger partial charge in [0.15, 0.2) is 0 Å². The molecule has 3 atom stereocenters.